The van der Waals surface area contributed by atoms with Crippen molar-refractivity contribution in [2.24, 2.45) is 0 Å². The number of ether oxygens (including phenoxy) is 1. The van der Waals surface area contributed by atoms with Gasteiger partial charge in [0.2, 0.25) is 0 Å². The molecule has 0 atom stereocenters. The van der Waals surface area contributed by atoms with Crippen LogP contribution >= 0.6 is 0 Å². The summed E-state index contributed by atoms with van der Waals surface area (Å²) >= 11 is 0. The van der Waals surface area contributed by atoms with Crippen LogP contribution in [0.3, 0.4) is 0 Å². The molecule has 0 aliphatic heterocycles. The molecule has 21 heavy (non-hydrogen) atoms. The second kappa shape index (κ2) is 5.87. The highest BCUT2D eigenvalue weighted by Crippen LogP contribution is 2.28. The lowest BCUT2D eigenvalue weighted by atomic mass is 10.0. The molecule has 3 nitrogen and oxygen atoms in total. The van der Waals surface area contributed by atoms with Crippen LogP contribution in [0.1, 0.15) is 5.56 Å². The van der Waals surface area contributed by atoms with Crippen molar-refractivity contribution in [3.8, 4) is 16.9 Å². The summed E-state index contributed by atoms with van der Waals surface area (Å²) in [6.07, 6.45) is -4.83. The zero-order valence-corrected chi connectivity index (χ0v) is 10.7. The van der Waals surface area contributed by atoms with E-state index in [4.69, 9.17) is 5.11 Å². The van der Waals surface area contributed by atoms with Crippen molar-refractivity contribution < 1.29 is 27.8 Å². The zero-order chi connectivity index (χ0) is 15.5. The second-order valence-electron chi connectivity index (χ2n) is 4.34. The van der Waals surface area contributed by atoms with Crippen molar-refractivity contribution in [3.05, 3.63) is 54.1 Å². The zero-order valence-electron chi connectivity index (χ0n) is 10.7. The summed E-state index contributed by atoms with van der Waals surface area (Å²) in [5.74, 6) is -1.24. The Morgan fingerprint density at radius 3 is 2.29 bits per heavy atom. The SMILES string of the molecule is O=C(O)Cc1ccc(-c2cccc(OC(F)(F)F)c2)cc1. The molecule has 2 aromatic carbocycles. The normalized spacial score (nSPS) is 11.2. The quantitative estimate of drug-likeness (QED) is 0.931. The van der Waals surface area contributed by atoms with Gasteiger partial charge in [-0.05, 0) is 28.8 Å². The fourth-order valence-electron chi connectivity index (χ4n) is 1.86. The summed E-state index contributed by atoms with van der Waals surface area (Å²) in [6, 6.07) is 12.2. The molecule has 0 bridgehead atoms. The lowest BCUT2D eigenvalue weighted by molar-refractivity contribution is -0.274. The summed E-state index contributed by atoms with van der Waals surface area (Å²) in [5, 5.41) is 8.67. The number of carbonyl (C=O) groups is 1. The molecule has 0 aliphatic rings. The van der Waals surface area contributed by atoms with Gasteiger partial charge in [0.05, 0.1) is 6.42 Å². The molecule has 0 aromatic heterocycles. The highest BCUT2D eigenvalue weighted by atomic mass is 19.4. The van der Waals surface area contributed by atoms with Crippen molar-refractivity contribution >= 4 is 5.97 Å². The standard InChI is InChI=1S/C15H11F3O3/c16-15(17,18)21-13-3-1-2-12(9-13)11-6-4-10(5-7-11)8-14(19)20/h1-7,9H,8H2,(H,19,20). The highest BCUT2D eigenvalue weighted by Gasteiger charge is 2.31. The number of aliphatic carboxylic acids is 1. The molecule has 2 aromatic rings. The second-order valence-corrected chi connectivity index (χ2v) is 4.34. The number of benzene rings is 2. The number of carboxylic acids is 1. The minimum absolute atomic E-state index is 0.0997. The third-order valence-corrected chi connectivity index (χ3v) is 2.71. The average Bonchev–Trinajstić information content (AvgIpc) is 2.37. The van der Waals surface area contributed by atoms with Crippen LogP contribution in [0.4, 0.5) is 13.2 Å². The molecule has 1 N–H and O–H groups in total. The van der Waals surface area contributed by atoms with Gasteiger partial charge in [-0.25, -0.2) is 0 Å². The van der Waals surface area contributed by atoms with E-state index in [1.807, 2.05) is 0 Å². The Kier molecular flexibility index (Phi) is 4.16. The van der Waals surface area contributed by atoms with E-state index in [1.165, 1.54) is 18.2 Å². The molecule has 0 amide bonds. The molecule has 0 saturated carbocycles. The van der Waals surface area contributed by atoms with Crippen LogP contribution in [0, 0.1) is 0 Å². The van der Waals surface area contributed by atoms with Gasteiger partial charge in [-0.15, -0.1) is 13.2 Å². The van der Waals surface area contributed by atoms with E-state index in [9.17, 15) is 18.0 Å². The van der Waals surface area contributed by atoms with Crippen molar-refractivity contribution in [1.29, 1.82) is 0 Å². The van der Waals surface area contributed by atoms with Crippen molar-refractivity contribution in [2.75, 3.05) is 0 Å². The van der Waals surface area contributed by atoms with Gasteiger partial charge in [-0.3, -0.25) is 4.79 Å². The van der Waals surface area contributed by atoms with Gasteiger partial charge in [-0.1, -0.05) is 36.4 Å². The number of carboxylic acid groups (broad SMARTS) is 1. The Morgan fingerprint density at radius 2 is 1.71 bits per heavy atom. The largest absolute Gasteiger partial charge is 0.573 e. The summed E-state index contributed by atoms with van der Waals surface area (Å²) in [4.78, 5) is 10.6. The van der Waals surface area contributed by atoms with E-state index in [1.54, 1.807) is 30.3 Å². The topological polar surface area (TPSA) is 46.5 Å². The van der Waals surface area contributed by atoms with Crippen LogP contribution in [0.2, 0.25) is 0 Å². The first-order chi connectivity index (χ1) is 9.83. The predicted octanol–water partition coefficient (Wildman–Crippen LogP) is 3.88. The summed E-state index contributed by atoms with van der Waals surface area (Å²) in [6.45, 7) is 0. The first-order valence-electron chi connectivity index (χ1n) is 6.00. The Morgan fingerprint density at radius 1 is 1.05 bits per heavy atom. The van der Waals surface area contributed by atoms with Gasteiger partial charge in [0.25, 0.3) is 0 Å². The van der Waals surface area contributed by atoms with Gasteiger partial charge in [-0.2, -0.15) is 0 Å². The van der Waals surface area contributed by atoms with Crippen LogP contribution in [-0.4, -0.2) is 17.4 Å². The molecule has 0 spiro atoms. The van der Waals surface area contributed by atoms with Crippen LogP contribution < -0.4 is 4.74 Å². The van der Waals surface area contributed by atoms with Crippen LogP contribution in [0.5, 0.6) is 5.75 Å². The first-order valence-corrected chi connectivity index (χ1v) is 6.00. The maximum absolute atomic E-state index is 12.2. The van der Waals surface area contributed by atoms with E-state index < -0.39 is 12.3 Å². The molecule has 0 radical (unpaired) electrons. The van der Waals surface area contributed by atoms with Crippen LogP contribution in [0.15, 0.2) is 48.5 Å². The van der Waals surface area contributed by atoms with E-state index in [2.05, 4.69) is 4.74 Å². The lowest BCUT2D eigenvalue weighted by Gasteiger charge is -2.10. The monoisotopic (exact) mass is 296 g/mol. The molecule has 0 unspecified atom stereocenters. The molecule has 0 fully saturated rings. The number of halogens is 3. The molecule has 0 saturated heterocycles. The van der Waals surface area contributed by atoms with Gasteiger partial charge >= 0.3 is 12.3 Å². The van der Waals surface area contributed by atoms with Gasteiger partial charge in [0.15, 0.2) is 0 Å². The summed E-state index contributed by atoms with van der Waals surface area (Å²) < 4.78 is 40.4. The summed E-state index contributed by atoms with van der Waals surface area (Å²) in [5.41, 5.74) is 1.85. The molecule has 0 aliphatic carbocycles. The molecule has 110 valence electrons. The molecule has 6 heteroatoms. The van der Waals surface area contributed by atoms with E-state index in [0.29, 0.717) is 16.7 Å². The Balaban J connectivity index is 2.21. The maximum atomic E-state index is 12.2. The molecule has 2 rings (SSSR count). The van der Waals surface area contributed by atoms with Crippen molar-refractivity contribution in [3.63, 3.8) is 0 Å². The smallest absolute Gasteiger partial charge is 0.481 e. The van der Waals surface area contributed by atoms with Crippen LogP contribution in [0.25, 0.3) is 11.1 Å². The van der Waals surface area contributed by atoms with E-state index >= 15 is 0 Å². The van der Waals surface area contributed by atoms with Gasteiger partial charge in [0, 0.05) is 0 Å². The van der Waals surface area contributed by atoms with Crippen molar-refractivity contribution in [1.82, 2.24) is 0 Å². The predicted molar refractivity (Wildman–Crippen MR) is 69.9 cm³/mol. The highest BCUT2D eigenvalue weighted by molar-refractivity contribution is 5.71. The molecular weight excluding hydrogens is 285 g/mol. The molecular formula is C15H11F3O3. The number of rotatable bonds is 4. The van der Waals surface area contributed by atoms with Gasteiger partial charge < -0.3 is 9.84 Å². The minimum atomic E-state index is -4.73. The Labute approximate surface area is 118 Å². The van der Waals surface area contributed by atoms with E-state index in [-0.39, 0.29) is 12.2 Å². The van der Waals surface area contributed by atoms with Crippen molar-refractivity contribution in [2.45, 2.75) is 12.8 Å². The minimum Gasteiger partial charge on any atom is -0.481 e. The third-order valence-electron chi connectivity index (χ3n) is 2.71. The average molecular weight is 296 g/mol. The fraction of sp³-hybridized carbons (Fsp3) is 0.133. The Hall–Kier alpha value is -2.50. The number of hydrogen-bond donors (Lipinski definition) is 1. The maximum Gasteiger partial charge on any atom is 0.573 e. The summed E-state index contributed by atoms with van der Waals surface area (Å²) in [7, 11) is 0. The van der Waals surface area contributed by atoms with Gasteiger partial charge in [0.1, 0.15) is 5.75 Å². The lowest BCUT2D eigenvalue weighted by Crippen LogP contribution is -2.17. The third kappa shape index (κ3) is 4.52. The number of alkyl halides is 3. The Bertz CT molecular complexity index is 633. The van der Waals surface area contributed by atoms with E-state index in [0.717, 1.165) is 0 Å². The molecule has 0 heterocycles. The number of hydrogen-bond acceptors (Lipinski definition) is 2. The fourth-order valence-corrected chi connectivity index (χ4v) is 1.86. The first kappa shape index (κ1) is 14.9. The van der Waals surface area contributed by atoms with Crippen LogP contribution in [-0.2, 0) is 11.2 Å².